The van der Waals surface area contributed by atoms with Crippen molar-refractivity contribution in [3.63, 3.8) is 0 Å². The van der Waals surface area contributed by atoms with Gasteiger partial charge in [0.25, 0.3) is 0 Å². The predicted molar refractivity (Wildman–Crippen MR) is 67.9 cm³/mol. The Hall–Kier alpha value is -0.970. The Balaban J connectivity index is 1.96. The third-order valence-electron chi connectivity index (χ3n) is 3.38. The van der Waals surface area contributed by atoms with Crippen LogP contribution in [0.3, 0.4) is 0 Å². The first kappa shape index (κ1) is 13.5. The molecule has 3 nitrogen and oxygen atoms in total. The van der Waals surface area contributed by atoms with Crippen molar-refractivity contribution in [3.8, 4) is 0 Å². The van der Waals surface area contributed by atoms with E-state index in [4.69, 9.17) is 4.74 Å². The zero-order valence-corrected chi connectivity index (χ0v) is 10.7. The summed E-state index contributed by atoms with van der Waals surface area (Å²) in [7, 11) is 0. The van der Waals surface area contributed by atoms with Crippen LogP contribution in [0.25, 0.3) is 0 Å². The molecule has 1 aliphatic heterocycles. The monoisotopic (exact) mass is 253 g/mol. The molecule has 100 valence electrons. The number of benzene rings is 1. The van der Waals surface area contributed by atoms with Crippen molar-refractivity contribution in [2.24, 2.45) is 0 Å². The lowest BCUT2D eigenvalue weighted by molar-refractivity contribution is 0.104. The van der Waals surface area contributed by atoms with Crippen LogP contribution in [-0.4, -0.2) is 31.0 Å². The maximum atomic E-state index is 13.2. The topological polar surface area (TPSA) is 41.5 Å². The average molecular weight is 253 g/mol. The van der Waals surface area contributed by atoms with Gasteiger partial charge in [0.05, 0.1) is 18.8 Å². The molecular weight excluding hydrogens is 233 g/mol. The molecule has 1 heterocycles. The summed E-state index contributed by atoms with van der Waals surface area (Å²) in [5.74, 6) is -0.213. The van der Waals surface area contributed by atoms with Gasteiger partial charge in [0.2, 0.25) is 0 Å². The zero-order valence-electron chi connectivity index (χ0n) is 10.7. The van der Waals surface area contributed by atoms with Crippen molar-refractivity contribution in [2.75, 3.05) is 19.8 Å². The molecule has 1 aliphatic rings. The molecule has 2 atom stereocenters. The van der Waals surface area contributed by atoms with Gasteiger partial charge in [-0.2, -0.15) is 0 Å². The van der Waals surface area contributed by atoms with E-state index in [0.717, 1.165) is 31.6 Å². The Labute approximate surface area is 107 Å². The number of aliphatic hydroxyl groups is 1. The summed E-state index contributed by atoms with van der Waals surface area (Å²) in [4.78, 5) is 0. The second-order valence-electron chi connectivity index (χ2n) is 4.79. The number of aliphatic hydroxyl groups excluding tert-OH is 1. The number of ether oxygens (including phenoxy) is 1. The lowest BCUT2D eigenvalue weighted by atomic mass is 10.0. The summed E-state index contributed by atoms with van der Waals surface area (Å²) in [5.41, 5.74) is 1.51. The molecule has 1 saturated heterocycles. The van der Waals surface area contributed by atoms with Crippen LogP contribution >= 0.6 is 0 Å². The number of aryl methyl sites for hydroxylation is 1. The van der Waals surface area contributed by atoms with Gasteiger partial charge in [0, 0.05) is 13.2 Å². The third kappa shape index (κ3) is 3.28. The largest absolute Gasteiger partial charge is 0.394 e. The molecule has 1 fully saturated rings. The van der Waals surface area contributed by atoms with Crippen molar-refractivity contribution in [3.05, 3.63) is 35.1 Å². The van der Waals surface area contributed by atoms with Crippen molar-refractivity contribution < 1.29 is 14.2 Å². The molecular formula is C14H20FNO2. The van der Waals surface area contributed by atoms with Crippen LogP contribution in [0.5, 0.6) is 0 Å². The lowest BCUT2D eigenvalue weighted by Gasteiger charge is -2.19. The summed E-state index contributed by atoms with van der Waals surface area (Å²) in [6.45, 7) is 3.28. The minimum atomic E-state index is -0.213. The Morgan fingerprint density at radius 1 is 1.56 bits per heavy atom. The molecule has 0 bridgehead atoms. The Morgan fingerprint density at radius 2 is 2.39 bits per heavy atom. The van der Waals surface area contributed by atoms with Crippen molar-refractivity contribution in [1.82, 2.24) is 5.32 Å². The average Bonchev–Trinajstić information content (AvgIpc) is 2.87. The smallest absolute Gasteiger partial charge is 0.126 e. The third-order valence-corrected chi connectivity index (χ3v) is 3.38. The van der Waals surface area contributed by atoms with E-state index in [9.17, 15) is 9.50 Å². The minimum Gasteiger partial charge on any atom is -0.394 e. The van der Waals surface area contributed by atoms with E-state index in [2.05, 4.69) is 5.32 Å². The summed E-state index contributed by atoms with van der Waals surface area (Å²) in [5, 5.41) is 12.7. The van der Waals surface area contributed by atoms with E-state index in [0.29, 0.717) is 5.56 Å². The number of nitrogens with one attached hydrogen (secondary N) is 1. The van der Waals surface area contributed by atoms with Crippen LogP contribution in [0, 0.1) is 12.7 Å². The van der Waals surface area contributed by atoms with E-state index in [1.807, 2.05) is 0 Å². The Kier molecular flexibility index (Phi) is 4.69. The second-order valence-corrected chi connectivity index (χ2v) is 4.79. The Morgan fingerprint density at radius 3 is 3.00 bits per heavy atom. The van der Waals surface area contributed by atoms with Gasteiger partial charge in [-0.05, 0) is 37.0 Å². The fraction of sp³-hybridized carbons (Fsp3) is 0.571. The van der Waals surface area contributed by atoms with Gasteiger partial charge in [0.1, 0.15) is 5.82 Å². The number of hydrogen-bond donors (Lipinski definition) is 2. The highest BCUT2D eigenvalue weighted by Gasteiger charge is 2.18. The molecule has 0 aromatic heterocycles. The summed E-state index contributed by atoms with van der Waals surface area (Å²) >= 11 is 0. The fourth-order valence-corrected chi connectivity index (χ4v) is 2.25. The van der Waals surface area contributed by atoms with Crippen LogP contribution in [-0.2, 0) is 4.74 Å². The zero-order chi connectivity index (χ0) is 13.0. The van der Waals surface area contributed by atoms with Crippen molar-refractivity contribution >= 4 is 0 Å². The SMILES string of the molecule is Cc1cc(C(CO)NCC2CCCO2)ccc1F. The van der Waals surface area contributed by atoms with Crippen molar-refractivity contribution in [1.29, 1.82) is 0 Å². The lowest BCUT2D eigenvalue weighted by Crippen LogP contribution is -2.32. The maximum absolute atomic E-state index is 13.2. The van der Waals surface area contributed by atoms with E-state index < -0.39 is 0 Å². The Bertz CT molecular complexity index is 391. The van der Waals surface area contributed by atoms with Gasteiger partial charge in [0.15, 0.2) is 0 Å². The molecule has 2 unspecified atom stereocenters. The molecule has 0 radical (unpaired) electrons. The molecule has 2 rings (SSSR count). The van der Waals surface area contributed by atoms with Gasteiger partial charge in [-0.1, -0.05) is 12.1 Å². The summed E-state index contributed by atoms with van der Waals surface area (Å²) < 4.78 is 18.7. The second kappa shape index (κ2) is 6.27. The molecule has 2 N–H and O–H groups in total. The normalized spacial score (nSPS) is 21.2. The molecule has 18 heavy (non-hydrogen) atoms. The standard InChI is InChI=1S/C14H20FNO2/c1-10-7-11(4-5-13(10)15)14(9-17)16-8-12-3-2-6-18-12/h4-5,7,12,14,16-17H,2-3,6,8-9H2,1H3. The van der Waals surface area contributed by atoms with Crippen LogP contribution in [0.1, 0.15) is 30.0 Å². The molecule has 0 aliphatic carbocycles. The highest BCUT2D eigenvalue weighted by molar-refractivity contribution is 5.26. The van der Waals surface area contributed by atoms with Gasteiger partial charge in [-0.15, -0.1) is 0 Å². The first-order valence-electron chi connectivity index (χ1n) is 6.42. The molecule has 0 saturated carbocycles. The number of rotatable bonds is 5. The predicted octanol–water partition coefficient (Wildman–Crippen LogP) is 1.94. The van der Waals surface area contributed by atoms with Crippen molar-refractivity contribution in [2.45, 2.75) is 31.9 Å². The highest BCUT2D eigenvalue weighted by atomic mass is 19.1. The van der Waals surface area contributed by atoms with Gasteiger partial charge < -0.3 is 15.2 Å². The van der Waals surface area contributed by atoms with E-state index in [1.54, 1.807) is 19.1 Å². The molecule has 4 heteroatoms. The summed E-state index contributed by atoms with van der Waals surface area (Å²) in [6, 6.07) is 4.78. The van der Waals surface area contributed by atoms with Crippen LogP contribution in [0.15, 0.2) is 18.2 Å². The van der Waals surface area contributed by atoms with Gasteiger partial charge in [-0.25, -0.2) is 4.39 Å². The van der Waals surface area contributed by atoms with Crippen LogP contribution in [0.4, 0.5) is 4.39 Å². The number of halogens is 1. The number of hydrogen-bond acceptors (Lipinski definition) is 3. The molecule has 1 aromatic rings. The highest BCUT2D eigenvalue weighted by Crippen LogP contribution is 2.18. The molecule has 1 aromatic carbocycles. The van der Waals surface area contributed by atoms with E-state index in [1.165, 1.54) is 6.07 Å². The fourth-order valence-electron chi connectivity index (χ4n) is 2.25. The molecule has 0 amide bonds. The maximum Gasteiger partial charge on any atom is 0.126 e. The van der Waals surface area contributed by atoms with Gasteiger partial charge >= 0.3 is 0 Å². The van der Waals surface area contributed by atoms with E-state index in [-0.39, 0.29) is 24.6 Å². The quantitative estimate of drug-likeness (QED) is 0.842. The molecule has 0 spiro atoms. The van der Waals surface area contributed by atoms with Crippen LogP contribution < -0.4 is 5.32 Å². The minimum absolute atomic E-state index is 0.00219. The van der Waals surface area contributed by atoms with Crippen LogP contribution in [0.2, 0.25) is 0 Å². The van der Waals surface area contributed by atoms with Gasteiger partial charge in [-0.3, -0.25) is 0 Å². The first-order valence-corrected chi connectivity index (χ1v) is 6.42. The van der Waals surface area contributed by atoms with E-state index >= 15 is 0 Å². The first-order chi connectivity index (χ1) is 8.70. The summed E-state index contributed by atoms with van der Waals surface area (Å²) in [6.07, 6.45) is 2.40.